The van der Waals surface area contributed by atoms with Gasteiger partial charge in [0, 0.05) is 42.4 Å². The number of rotatable bonds is 4. The van der Waals surface area contributed by atoms with Gasteiger partial charge in [0.05, 0.1) is 0 Å². The molecule has 0 fully saturated rings. The maximum absolute atomic E-state index is 13.5. The first-order valence-corrected chi connectivity index (χ1v) is 11.1. The summed E-state index contributed by atoms with van der Waals surface area (Å²) in [5.74, 6) is -0.515. The summed E-state index contributed by atoms with van der Waals surface area (Å²) in [5, 5.41) is 1.89. The van der Waals surface area contributed by atoms with Crippen molar-refractivity contribution in [2.75, 3.05) is 0 Å². The summed E-state index contributed by atoms with van der Waals surface area (Å²) in [6.07, 6.45) is 0. The lowest BCUT2D eigenvalue weighted by atomic mass is 9.96. The predicted molar refractivity (Wildman–Crippen MR) is 129 cm³/mol. The van der Waals surface area contributed by atoms with E-state index in [1.54, 1.807) is 18.3 Å². The predicted octanol–water partition coefficient (Wildman–Crippen LogP) is 7.27. The molecule has 0 aliphatic carbocycles. The van der Waals surface area contributed by atoms with E-state index in [1.807, 2.05) is 67.6 Å². The molecule has 5 aromatic rings. The number of carbonyl (C=O) groups excluding carboxylic acids is 2. The zero-order valence-electron chi connectivity index (χ0n) is 17.6. The van der Waals surface area contributed by atoms with Crippen molar-refractivity contribution in [3.63, 3.8) is 0 Å². The van der Waals surface area contributed by atoms with Gasteiger partial charge in [-0.3, -0.25) is 9.59 Å². The van der Waals surface area contributed by atoms with Crippen LogP contribution in [-0.2, 0) is 0 Å². The summed E-state index contributed by atoms with van der Waals surface area (Å²) < 4.78 is 15.6. The molecule has 156 valence electrons. The molecule has 5 rings (SSSR count). The Morgan fingerprint density at radius 1 is 0.656 bits per heavy atom. The average Bonchev–Trinajstić information content (AvgIpc) is 3.15. The van der Waals surface area contributed by atoms with Gasteiger partial charge in [0.25, 0.3) is 0 Å². The summed E-state index contributed by atoms with van der Waals surface area (Å²) in [5.41, 5.74) is 3.89. The van der Waals surface area contributed by atoms with Crippen LogP contribution in [-0.4, -0.2) is 11.6 Å². The van der Waals surface area contributed by atoms with Crippen LogP contribution in [0.1, 0.15) is 43.0 Å². The van der Waals surface area contributed by atoms with E-state index in [0.717, 1.165) is 25.7 Å². The molecule has 0 atom stereocenters. The van der Waals surface area contributed by atoms with Crippen molar-refractivity contribution in [1.82, 2.24) is 0 Å². The monoisotopic (exact) mass is 438 g/mol. The molecule has 0 N–H and O–H groups in total. The van der Waals surface area contributed by atoms with E-state index in [4.69, 9.17) is 0 Å². The van der Waals surface area contributed by atoms with Crippen molar-refractivity contribution in [3.8, 4) is 0 Å². The first-order chi connectivity index (χ1) is 15.4. The van der Waals surface area contributed by atoms with Crippen LogP contribution >= 0.6 is 11.3 Å². The Morgan fingerprint density at radius 2 is 1.22 bits per heavy atom. The van der Waals surface area contributed by atoms with Crippen molar-refractivity contribution >= 4 is 43.1 Å². The molecule has 0 bridgehead atoms. The van der Waals surface area contributed by atoms with E-state index in [0.29, 0.717) is 27.8 Å². The number of hydrogen-bond donors (Lipinski definition) is 0. The Morgan fingerprint density at radius 3 is 1.78 bits per heavy atom. The van der Waals surface area contributed by atoms with Crippen LogP contribution in [0.15, 0.2) is 78.9 Å². The van der Waals surface area contributed by atoms with E-state index in [2.05, 4.69) is 0 Å². The molecule has 0 aliphatic rings. The van der Waals surface area contributed by atoms with E-state index in [9.17, 15) is 14.0 Å². The van der Waals surface area contributed by atoms with Crippen molar-refractivity contribution in [1.29, 1.82) is 0 Å². The van der Waals surface area contributed by atoms with Crippen molar-refractivity contribution in [2.45, 2.75) is 13.8 Å². The number of benzene rings is 4. The molecule has 1 aromatic heterocycles. The van der Waals surface area contributed by atoms with Crippen LogP contribution in [0.25, 0.3) is 20.2 Å². The highest BCUT2D eigenvalue weighted by Crippen LogP contribution is 2.36. The van der Waals surface area contributed by atoms with Crippen LogP contribution in [0.3, 0.4) is 0 Å². The van der Waals surface area contributed by atoms with Gasteiger partial charge in [-0.2, -0.15) is 0 Å². The molecular weight excluding hydrogens is 419 g/mol. The number of fused-ring (bicyclic) bond motifs is 3. The second-order valence-corrected chi connectivity index (χ2v) is 9.04. The minimum atomic E-state index is -0.357. The second kappa shape index (κ2) is 7.81. The summed E-state index contributed by atoms with van der Waals surface area (Å²) >= 11 is 1.63. The van der Waals surface area contributed by atoms with Gasteiger partial charge in [0.2, 0.25) is 0 Å². The summed E-state index contributed by atoms with van der Waals surface area (Å²) in [4.78, 5) is 26.2. The van der Waals surface area contributed by atoms with Gasteiger partial charge in [-0.25, -0.2) is 4.39 Å². The highest BCUT2D eigenvalue weighted by atomic mass is 32.1. The quantitative estimate of drug-likeness (QED) is 0.277. The van der Waals surface area contributed by atoms with Gasteiger partial charge in [-0.05, 0) is 79.6 Å². The standard InChI is InChI=1S/C28H19FO2S/c1-16-5-3-4-6-21(16)27(30)18-7-11-25-23(14-18)24-15-19(8-12-26(24)32-25)28(31)22-10-9-20(29)13-17(22)2/h3-15H,1-2H3. The summed E-state index contributed by atoms with van der Waals surface area (Å²) in [6, 6.07) is 23.1. The number of halogens is 1. The fraction of sp³-hybridized carbons (Fsp3) is 0.0714. The van der Waals surface area contributed by atoms with Crippen LogP contribution in [0, 0.1) is 19.7 Å². The SMILES string of the molecule is Cc1ccccc1C(=O)c1ccc2sc3ccc(C(=O)c4ccc(F)cc4C)cc3c2c1. The Labute approximate surface area is 188 Å². The van der Waals surface area contributed by atoms with Crippen molar-refractivity contribution in [2.24, 2.45) is 0 Å². The highest BCUT2D eigenvalue weighted by Gasteiger charge is 2.17. The molecule has 0 saturated carbocycles. The molecular formula is C28H19FO2S. The molecule has 0 amide bonds. The Bertz CT molecular complexity index is 1540. The van der Waals surface area contributed by atoms with Crippen molar-refractivity contribution < 1.29 is 14.0 Å². The molecule has 32 heavy (non-hydrogen) atoms. The van der Waals surface area contributed by atoms with Crippen LogP contribution in [0.4, 0.5) is 4.39 Å². The van der Waals surface area contributed by atoms with E-state index < -0.39 is 0 Å². The fourth-order valence-corrected chi connectivity index (χ4v) is 5.15. The van der Waals surface area contributed by atoms with Gasteiger partial charge in [-0.1, -0.05) is 24.3 Å². The third-order valence-electron chi connectivity index (χ3n) is 5.82. The third kappa shape index (κ3) is 3.43. The maximum atomic E-state index is 13.5. The molecule has 0 saturated heterocycles. The van der Waals surface area contributed by atoms with E-state index in [1.165, 1.54) is 18.2 Å². The zero-order valence-corrected chi connectivity index (χ0v) is 18.4. The van der Waals surface area contributed by atoms with Gasteiger partial charge in [0.1, 0.15) is 5.82 Å². The molecule has 0 aliphatic heterocycles. The normalized spacial score (nSPS) is 11.2. The molecule has 4 aromatic carbocycles. The third-order valence-corrected chi connectivity index (χ3v) is 6.97. The lowest BCUT2D eigenvalue weighted by molar-refractivity contribution is 0.103. The van der Waals surface area contributed by atoms with Crippen LogP contribution in [0.5, 0.6) is 0 Å². The number of thiophene rings is 1. The Balaban J connectivity index is 1.61. The lowest BCUT2D eigenvalue weighted by Gasteiger charge is -2.06. The molecule has 0 spiro atoms. The van der Waals surface area contributed by atoms with Gasteiger partial charge in [0.15, 0.2) is 11.6 Å². The first-order valence-electron chi connectivity index (χ1n) is 10.3. The minimum Gasteiger partial charge on any atom is -0.289 e. The van der Waals surface area contributed by atoms with Gasteiger partial charge < -0.3 is 0 Å². The van der Waals surface area contributed by atoms with Crippen LogP contribution in [0.2, 0.25) is 0 Å². The molecule has 2 nitrogen and oxygen atoms in total. The molecule has 0 unspecified atom stereocenters. The smallest absolute Gasteiger partial charge is 0.193 e. The average molecular weight is 439 g/mol. The van der Waals surface area contributed by atoms with E-state index in [-0.39, 0.29) is 17.4 Å². The second-order valence-electron chi connectivity index (χ2n) is 7.96. The van der Waals surface area contributed by atoms with Crippen molar-refractivity contribution in [3.05, 3.63) is 118 Å². The van der Waals surface area contributed by atoms with Gasteiger partial charge >= 0.3 is 0 Å². The number of aryl methyl sites for hydroxylation is 2. The van der Waals surface area contributed by atoms with Gasteiger partial charge in [-0.15, -0.1) is 11.3 Å². The number of ketones is 2. The maximum Gasteiger partial charge on any atom is 0.193 e. The molecule has 1 heterocycles. The Hall–Kier alpha value is -3.63. The summed E-state index contributed by atoms with van der Waals surface area (Å²) in [7, 11) is 0. The zero-order chi connectivity index (χ0) is 22.4. The topological polar surface area (TPSA) is 34.1 Å². The fourth-order valence-electron chi connectivity index (χ4n) is 4.08. The minimum absolute atomic E-state index is 0.0153. The highest BCUT2D eigenvalue weighted by molar-refractivity contribution is 7.25. The molecule has 0 radical (unpaired) electrons. The lowest BCUT2D eigenvalue weighted by Crippen LogP contribution is -2.04. The Kier molecular flexibility index (Phi) is 4.95. The number of hydrogen-bond acceptors (Lipinski definition) is 3. The van der Waals surface area contributed by atoms with Crippen LogP contribution < -0.4 is 0 Å². The van der Waals surface area contributed by atoms with E-state index >= 15 is 0 Å². The number of carbonyl (C=O) groups is 2. The molecule has 4 heteroatoms. The summed E-state index contributed by atoms with van der Waals surface area (Å²) in [6.45, 7) is 3.67. The largest absolute Gasteiger partial charge is 0.289 e. The first kappa shape index (κ1) is 20.3.